The van der Waals surface area contributed by atoms with Gasteiger partial charge in [0.15, 0.2) is 11.6 Å². The molecule has 2 N–H and O–H groups in total. The molecule has 0 fully saturated rings. The average Bonchev–Trinajstić information content (AvgIpc) is 2.22. The minimum absolute atomic E-state index is 0.609. The van der Waals surface area contributed by atoms with Crippen LogP contribution in [0.1, 0.15) is 11.6 Å². The first-order chi connectivity index (χ1) is 6.99. The largest absolute Gasteiger partial charge is 0.468 e. The van der Waals surface area contributed by atoms with Gasteiger partial charge in [0.2, 0.25) is 0 Å². The third kappa shape index (κ3) is 2.10. The number of carbonyl (C=O) groups is 1. The third-order valence-corrected chi connectivity index (χ3v) is 1.85. The molecule has 6 heteroatoms. The molecular weight excluding hydrogens is 211 g/mol. The third-order valence-electron chi connectivity index (χ3n) is 1.85. The van der Waals surface area contributed by atoms with E-state index in [1.54, 1.807) is 0 Å². The highest BCUT2D eigenvalue weighted by Crippen LogP contribution is 2.22. The van der Waals surface area contributed by atoms with Crippen LogP contribution in [0, 0.1) is 17.5 Å². The van der Waals surface area contributed by atoms with Gasteiger partial charge in [-0.25, -0.2) is 13.2 Å². The fourth-order valence-corrected chi connectivity index (χ4v) is 1.07. The zero-order chi connectivity index (χ0) is 11.6. The molecule has 0 aliphatic rings. The van der Waals surface area contributed by atoms with Crippen molar-refractivity contribution in [1.29, 1.82) is 0 Å². The maximum atomic E-state index is 13.1. The van der Waals surface area contributed by atoms with Crippen LogP contribution in [0.4, 0.5) is 13.2 Å². The fourth-order valence-electron chi connectivity index (χ4n) is 1.07. The Balaban J connectivity index is 3.24. The highest BCUT2D eigenvalue weighted by Gasteiger charge is 2.25. The molecule has 0 amide bonds. The molecule has 0 heterocycles. The first kappa shape index (κ1) is 11.5. The maximum Gasteiger partial charge on any atom is 0.327 e. The second-order valence-corrected chi connectivity index (χ2v) is 2.76. The van der Waals surface area contributed by atoms with Crippen LogP contribution in [-0.2, 0) is 9.53 Å². The smallest absolute Gasteiger partial charge is 0.327 e. The second kappa shape index (κ2) is 4.31. The Hall–Kier alpha value is -1.56. The first-order valence-corrected chi connectivity index (χ1v) is 3.95. The Kier molecular flexibility index (Phi) is 3.31. The van der Waals surface area contributed by atoms with E-state index in [0.29, 0.717) is 12.1 Å². The average molecular weight is 219 g/mol. The number of benzene rings is 1. The van der Waals surface area contributed by atoms with Gasteiger partial charge < -0.3 is 10.5 Å². The summed E-state index contributed by atoms with van der Waals surface area (Å²) in [6.45, 7) is 0. The van der Waals surface area contributed by atoms with E-state index in [9.17, 15) is 18.0 Å². The van der Waals surface area contributed by atoms with Gasteiger partial charge in [0.1, 0.15) is 11.9 Å². The van der Waals surface area contributed by atoms with Gasteiger partial charge in [-0.1, -0.05) is 0 Å². The Morgan fingerprint density at radius 3 is 2.40 bits per heavy atom. The number of halogens is 3. The predicted molar refractivity (Wildman–Crippen MR) is 45.3 cm³/mol. The summed E-state index contributed by atoms with van der Waals surface area (Å²) in [6.07, 6.45) is 0. The van der Waals surface area contributed by atoms with Crippen LogP contribution in [0.3, 0.4) is 0 Å². The van der Waals surface area contributed by atoms with Gasteiger partial charge in [-0.05, 0) is 12.1 Å². The van der Waals surface area contributed by atoms with Gasteiger partial charge in [-0.15, -0.1) is 0 Å². The molecule has 1 atom stereocenters. The van der Waals surface area contributed by atoms with Crippen LogP contribution in [0.5, 0.6) is 0 Å². The molecule has 0 aliphatic carbocycles. The molecule has 0 aromatic heterocycles. The van der Waals surface area contributed by atoms with Crippen molar-refractivity contribution in [3.63, 3.8) is 0 Å². The number of rotatable bonds is 2. The van der Waals surface area contributed by atoms with Crippen LogP contribution < -0.4 is 5.73 Å². The summed E-state index contributed by atoms with van der Waals surface area (Å²) in [5.41, 5.74) is 4.37. The van der Waals surface area contributed by atoms with Crippen molar-refractivity contribution in [3.8, 4) is 0 Å². The lowest BCUT2D eigenvalue weighted by molar-refractivity contribution is -0.142. The Labute approximate surface area is 83.6 Å². The van der Waals surface area contributed by atoms with E-state index in [2.05, 4.69) is 4.74 Å². The molecular formula is C9H8F3NO2. The van der Waals surface area contributed by atoms with Gasteiger partial charge in [-0.2, -0.15) is 0 Å². The summed E-state index contributed by atoms with van der Waals surface area (Å²) in [6, 6.07) is -0.375. The van der Waals surface area contributed by atoms with Crippen molar-refractivity contribution in [3.05, 3.63) is 35.1 Å². The molecule has 0 radical (unpaired) electrons. The van der Waals surface area contributed by atoms with E-state index in [1.807, 2.05) is 0 Å². The number of hydrogen-bond donors (Lipinski definition) is 1. The molecule has 1 rings (SSSR count). The molecule has 82 valence electrons. The van der Waals surface area contributed by atoms with Gasteiger partial charge >= 0.3 is 5.97 Å². The number of ether oxygens (including phenoxy) is 1. The fraction of sp³-hybridized carbons (Fsp3) is 0.222. The molecule has 15 heavy (non-hydrogen) atoms. The lowest BCUT2D eigenvalue weighted by Crippen LogP contribution is -2.25. The van der Waals surface area contributed by atoms with Crippen molar-refractivity contribution in [2.45, 2.75) is 6.04 Å². The molecule has 0 saturated heterocycles. The Bertz CT molecular complexity index is 395. The minimum Gasteiger partial charge on any atom is -0.468 e. The van der Waals surface area contributed by atoms with E-state index >= 15 is 0 Å². The van der Waals surface area contributed by atoms with Crippen molar-refractivity contribution in [2.24, 2.45) is 5.73 Å². The zero-order valence-corrected chi connectivity index (χ0v) is 7.76. The van der Waals surface area contributed by atoms with Gasteiger partial charge in [0.05, 0.1) is 12.7 Å². The SMILES string of the molecule is COC(=O)[C@H](N)c1c(F)ccc(F)c1F. The Morgan fingerprint density at radius 1 is 1.33 bits per heavy atom. The van der Waals surface area contributed by atoms with Gasteiger partial charge in [0.25, 0.3) is 0 Å². The van der Waals surface area contributed by atoms with Crippen molar-refractivity contribution < 1.29 is 22.7 Å². The molecule has 0 unspecified atom stereocenters. The molecule has 1 aromatic carbocycles. The summed E-state index contributed by atoms with van der Waals surface area (Å²) >= 11 is 0. The number of carbonyl (C=O) groups excluding carboxylic acids is 1. The molecule has 1 aromatic rings. The standard InChI is InChI=1S/C9H8F3NO2/c1-15-9(14)8(13)6-4(10)2-3-5(11)7(6)12/h2-3,8H,13H2,1H3/t8-/m1/s1. The quantitative estimate of drug-likeness (QED) is 0.602. The zero-order valence-electron chi connectivity index (χ0n) is 7.76. The van der Waals surface area contributed by atoms with Crippen molar-refractivity contribution >= 4 is 5.97 Å². The van der Waals surface area contributed by atoms with E-state index in [-0.39, 0.29) is 0 Å². The minimum atomic E-state index is -1.68. The lowest BCUT2D eigenvalue weighted by atomic mass is 10.1. The number of hydrogen-bond acceptors (Lipinski definition) is 3. The number of methoxy groups -OCH3 is 1. The molecule has 0 saturated carbocycles. The molecule has 0 aliphatic heterocycles. The van der Waals surface area contributed by atoms with E-state index < -0.39 is 35.0 Å². The lowest BCUT2D eigenvalue weighted by Gasteiger charge is -2.11. The highest BCUT2D eigenvalue weighted by molar-refractivity contribution is 5.77. The van der Waals surface area contributed by atoms with Crippen molar-refractivity contribution in [1.82, 2.24) is 0 Å². The first-order valence-electron chi connectivity index (χ1n) is 3.95. The predicted octanol–water partition coefficient (Wildman–Crippen LogP) is 1.28. The highest BCUT2D eigenvalue weighted by atomic mass is 19.2. The Morgan fingerprint density at radius 2 is 1.87 bits per heavy atom. The van der Waals surface area contributed by atoms with E-state index in [4.69, 9.17) is 5.73 Å². The van der Waals surface area contributed by atoms with Crippen molar-refractivity contribution in [2.75, 3.05) is 7.11 Å². The van der Waals surface area contributed by atoms with Crippen LogP contribution in [0.2, 0.25) is 0 Å². The number of nitrogens with two attached hydrogens (primary N) is 1. The summed E-state index contributed by atoms with van der Waals surface area (Å²) in [7, 11) is 1.01. The van der Waals surface area contributed by atoms with Crippen LogP contribution >= 0.6 is 0 Å². The van der Waals surface area contributed by atoms with Crippen LogP contribution in [0.15, 0.2) is 12.1 Å². The topological polar surface area (TPSA) is 52.3 Å². The monoisotopic (exact) mass is 219 g/mol. The molecule has 0 spiro atoms. The summed E-state index contributed by atoms with van der Waals surface area (Å²) < 4.78 is 43.1. The second-order valence-electron chi connectivity index (χ2n) is 2.76. The molecule has 0 bridgehead atoms. The van der Waals surface area contributed by atoms with Crippen LogP contribution in [0.25, 0.3) is 0 Å². The van der Waals surface area contributed by atoms with Crippen LogP contribution in [-0.4, -0.2) is 13.1 Å². The normalized spacial score (nSPS) is 12.3. The number of esters is 1. The molecule has 3 nitrogen and oxygen atoms in total. The van der Waals surface area contributed by atoms with Gasteiger partial charge in [0, 0.05) is 0 Å². The summed E-state index contributed by atoms with van der Waals surface area (Å²) in [5, 5.41) is 0. The van der Waals surface area contributed by atoms with E-state index in [0.717, 1.165) is 7.11 Å². The maximum absolute atomic E-state index is 13.1. The van der Waals surface area contributed by atoms with Gasteiger partial charge in [-0.3, -0.25) is 4.79 Å². The van der Waals surface area contributed by atoms with E-state index in [1.165, 1.54) is 0 Å². The summed E-state index contributed by atoms with van der Waals surface area (Å²) in [4.78, 5) is 10.9. The summed E-state index contributed by atoms with van der Waals surface area (Å²) in [5.74, 6) is -4.89.